The van der Waals surface area contributed by atoms with E-state index >= 15 is 0 Å². The maximum Gasteiger partial charge on any atom is 0.240 e. The molecule has 1 unspecified atom stereocenters. The smallest absolute Gasteiger partial charge is 0.240 e. The maximum absolute atomic E-state index is 12.3. The highest BCUT2D eigenvalue weighted by molar-refractivity contribution is 7.89. The van der Waals surface area contributed by atoms with Crippen LogP contribution in [0, 0.1) is 0 Å². The minimum atomic E-state index is -3.55. The van der Waals surface area contributed by atoms with Gasteiger partial charge in [0, 0.05) is 19.7 Å². The molecule has 6 heteroatoms. The molecule has 3 N–H and O–H groups in total. The average molecular weight is 300 g/mol. The number of methoxy groups -OCH3 is 1. The quantitative estimate of drug-likeness (QED) is 0.804. The van der Waals surface area contributed by atoms with Gasteiger partial charge in [0.1, 0.15) is 0 Å². The van der Waals surface area contributed by atoms with Gasteiger partial charge in [-0.05, 0) is 38.0 Å². The molecule has 5 nitrogen and oxygen atoms in total. The van der Waals surface area contributed by atoms with Gasteiger partial charge in [-0.15, -0.1) is 0 Å². The first kappa shape index (κ1) is 17.1. The van der Waals surface area contributed by atoms with Crippen molar-refractivity contribution in [3.63, 3.8) is 0 Å². The standard InChI is InChI=1S/C14H24N2O3S/c1-5-13(15)11-7-6-8-12(9-11)20(17,18)16-10-14(2,3)19-4/h6-9,13,16H,5,10,15H2,1-4H3. The molecule has 0 radical (unpaired) electrons. The lowest BCUT2D eigenvalue weighted by Crippen LogP contribution is -2.39. The van der Waals surface area contributed by atoms with E-state index in [1.807, 2.05) is 26.8 Å². The van der Waals surface area contributed by atoms with Gasteiger partial charge in [-0.25, -0.2) is 13.1 Å². The summed E-state index contributed by atoms with van der Waals surface area (Å²) in [5, 5.41) is 0. The van der Waals surface area contributed by atoms with Crippen LogP contribution in [0.5, 0.6) is 0 Å². The van der Waals surface area contributed by atoms with E-state index in [9.17, 15) is 8.42 Å². The summed E-state index contributed by atoms with van der Waals surface area (Å²) in [6.45, 7) is 5.80. The molecule has 0 aliphatic carbocycles. The lowest BCUT2D eigenvalue weighted by atomic mass is 10.1. The fraction of sp³-hybridized carbons (Fsp3) is 0.571. The van der Waals surface area contributed by atoms with Gasteiger partial charge in [0.15, 0.2) is 0 Å². The summed E-state index contributed by atoms with van der Waals surface area (Å²) in [6, 6.07) is 6.58. The number of sulfonamides is 1. The first-order chi connectivity index (χ1) is 9.22. The second-order valence-electron chi connectivity index (χ2n) is 5.38. The fourth-order valence-corrected chi connectivity index (χ4v) is 2.83. The van der Waals surface area contributed by atoms with Crippen molar-refractivity contribution in [3.05, 3.63) is 29.8 Å². The largest absolute Gasteiger partial charge is 0.377 e. The summed E-state index contributed by atoms with van der Waals surface area (Å²) in [6.07, 6.45) is 0.758. The normalized spacial score (nSPS) is 14.2. The third kappa shape index (κ3) is 4.56. The first-order valence-corrected chi connectivity index (χ1v) is 8.10. The maximum atomic E-state index is 12.3. The summed E-state index contributed by atoms with van der Waals surface area (Å²) in [4.78, 5) is 0.228. The van der Waals surface area contributed by atoms with Gasteiger partial charge < -0.3 is 10.5 Å². The third-order valence-corrected chi connectivity index (χ3v) is 4.68. The molecule has 0 amide bonds. The molecule has 1 atom stereocenters. The molecule has 0 fully saturated rings. The number of hydrogen-bond acceptors (Lipinski definition) is 4. The van der Waals surface area contributed by atoms with Crippen LogP contribution in [0.4, 0.5) is 0 Å². The molecule has 0 aliphatic heterocycles. The third-order valence-electron chi connectivity index (χ3n) is 3.28. The van der Waals surface area contributed by atoms with Crippen LogP contribution in [0.3, 0.4) is 0 Å². The molecule has 20 heavy (non-hydrogen) atoms. The Balaban J connectivity index is 2.93. The van der Waals surface area contributed by atoms with E-state index in [1.165, 1.54) is 0 Å². The topological polar surface area (TPSA) is 81.4 Å². The SMILES string of the molecule is CCC(N)c1cccc(S(=O)(=O)NCC(C)(C)OC)c1. The predicted molar refractivity (Wildman–Crippen MR) is 79.9 cm³/mol. The molecule has 1 aromatic carbocycles. The lowest BCUT2D eigenvalue weighted by molar-refractivity contribution is 0.0276. The summed E-state index contributed by atoms with van der Waals surface area (Å²) in [7, 11) is -2.00. The van der Waals surface area contributed by atoms with Crippen LogP contribution in [0.15, 0.2) is 29.2 Å². The molecule has 1 aromatic rings. The van der Waals surface area contributed by atoms with Crippen LogP contribution in [-0.2, 0) is 14.8 Å². The number of ether oxygens (including phenoxy) is 1. The van der Waals surface area contributed by atoms with E-state index in [0.717, 1.165) is 12.0 Å². The molecule has 0 heterocycles. The summed E-state index contributed by atoms with van der Waals surface area (Å²) in [5.74, 6) is 0. The number of rotatable bonds is 7. The van der Waals surface area contributed by atoms with Crippen LogP contribution < -0.4 is 10.5 Å². The Labute approximate surface area is 121 Å². The Morgan fingerprint density at radius 2 is 2.05 bits per heavy atom. The highest BCUT2D eigenvalue weighted by atomic mass is 32.2. The Kier molecular flexibility index (Phi) is 5.70. The predicted octanol–water partition coefficient (Wildman–Crippen LogP) is 1.80. The van der Waals surface area contributed by atoms with E-state index in [-0.39, 0.29) is 17.5 Å². The molecule has 0 saturated carbocycles. The number of nitrogens with two attached hydrogens (primary N) is 1. The second kappa shape index (κ2) is 6.67. The Morgan fingerprint density at radius 1 is 1.40 bits per heavy atom. The zero-order valence-corrected chi connectivity index (χ0v) is 13.3. The molecule has 0 spiro atoms. The number of nitrogens with one attached hydrogen (secondary N) is 1. The van der Waals surface area contributed by atoms with Crippen LogP contribution in [-0.4, -0.2) is 27.7 Å². The van der Waals surface area contributed by atoms with E-state index in [2.05, 4.69) is 4.72 Å². The van der Waals surface area contributed by atoms with Gasteiger partial charge in [0.25, 0.3) is 0 Å². The molecule has 114 valence electrons. The highest BCUT2D eigenvalue weighted by Crippen LogP contribution is 2.18. The van der Waals surface area contributed by atoms with Crippen molar-refractivity contribution in [1.29, 1.82) is 0 Å². The number of benzene rings is 1. The second-order valence-corrected chi connectivity index (χ2v) is 7.14. The average Bonchev–Trinajstić information content (AvgIpc) is 2.45. The molecule has 0 aromatic heterocycles. The lowest BCUT2D eigenvalue weighted by Gasteiger charge is -2.23. The Bertz CT molecular complexity index is 541. The minimum absolute atomic E-state index is 0.152. The van der Waals surface area contributed by atoms with Crippen LogP contribution in [0.2, 0.25) is 0 Å². The monoisotopic (exact) mass is 300 g/mol. The summed E-state index contributed by atoms with van der Waals surface area (Å²) < 4.78 is 32.3. The molecule has 0 saturated heterocycles. The molecule has 0 aliphatic rings. The molecule has 0 bridgehead atoms. The molecular weight excluding hydrogens is 276 g/mol. The van der Waals surface area contributed by atoms with Crippen molar-refractivity contribution >= 4 is 10.0 Å². The zero-order valence-electron chi connectivity index (χ0n) is 12.5. The molecule has 1 rings (SSSR count). The van der Waals surface area contributed by atoms with Crippen molar-refractivity contribution in [2.24, 2.45) is 5.73 Å². The van der Waals surface area contributed by atoms with Crippen LogP contribution in [0.25, 0.3) is 0 Å². The van der Waals surface area contributed by atoms with Crippen molar-refractivity contribution in [2.45, 2.75) is 43.7 Å². The van der Waals surface area contributed by atoms with Crippen molar-refractivity contribution in [1.82, 2.24) is 4.72 Å². The van der Waals surface area contributed by atoms with Crippen LogP contribution >= 0.6 is 0 Å². The number of hydrogen-bond donors (Lipinski definition) is 2. The minimum Gasteiger partial charge on any atom is -0.377 e. The fourth-order valence-electron chi connectivity index (χ4n) is 1.57. The van der Waals surface area contributed by atoms with Crippen molar-refractivity contribution < 1.29 is 13.2 Å². The zero-order chi connectivity index (χ0) is 15.4. The van der Waals surface area contributed by atoms with Crippen molar-refractivity contribution in [3.8, 4) is 0 Å². The van der Waals surface area contributed by atoms with Gasteiger partial charge in [-0.3, -0.25) is 0 Å². The van der Waals surface area contributed by atoms with Gasteiger partial charge >= 0.3 is 0 Å². The van der Waals surface area contributed by atoms with E-state index in [1.54, 1.807) is 25.3 Å². The molecular formula is C14H24N2O3S. The van der Waals surface area contributed by atoms with Gasteiger partial charge in [0.05, 0.1) is 10.5 Å². The van der Waals surface area contributed by atoms with Crippen molar-refractivity contribution in [2.75, 3.05) is 13.7 Å². The van der Waals surface area contributed by atoms with Gasteiger partial charge in [0.2, 0.25) is 10.0 Å². The van der Waals surface area contributed by atoms with Gasteiger partial charge in [-0.1, -0.05) is 19.1 Å². The Hall–Kier alpha value is -0.950. The Morgan fingerprint density at radius 3 is 2.60 bits per heavy atom. The van der Waals surface area contributed by atoms with Gasteiger partial charge in [-0.2, -0.15) is 0 Å². The van der Waals surface area contributed by atoms with E-state index in [0.29, 0.717) is 0 Å². The van der Waals surface area contributed by atoms with Crippen LogP contribution in [0.1, 0.15) is 38.8 Å². The summed E-state index contributed by atoms with van der Waals surface area (Å²) >= 11 is 0. The summed E-state index contributed by atoms with van der Waals surface area (Å²) in [5.41, 5.74) is 6.21. The van der Waals surface area contributed by atoms with E-state index in [4.69, 9.17) is 10.5 Å². The highest BCUT2D eigenvalue weighted by Gasteiger charge is 2.22. The first-order valence-electron chi connectivity index (χ1n) is 6.62. The van der Waals surface area contributed by atoms with E-state index < -0.39 is 15.6 Å².